The molecule has 4 nitrogen and oxygen atoms in total. The summed E-state index contributed by atoms with van der Waals surface area (Å²) in [5.41, 5.74) is 7.51. The molecule has 1 aromatic rings. The van der Waals surface area contributed by atoms with Crippen LogP contribution in [0.5, 0.6) is 0 Å². The van der Waals surface area contributed by atoms with E-state index in [1.54, 1.807) is 17.3 Å². The highest BCUT2D eigenvalue weighted by Gasteiger charge is 2.40. The molecule has 0 aromatic carbocycles. The van der Waals surface area contributed by atoms with Crippen molar-refractivity contribution in [3.63, 3.8) is 0 Å². The van der Waals surface area contributed by atoms with Gasteiger partial charge in [-0.3, -0.25) is 9.78 Å². The Balaban J connectivity index is 2.06. The van der Waals surface area contributed by atoms with E-state index in [0.717, 1.165) is 12.0 Å². The van der Waals surface area contributed by atoms with Crippen LogP contribution < -0.4 is 5.73 Å². The second-order valence-corrected chi connectivity index (χ2v) is 4.63. The predicted octanol–water partition coefficient (Wildman–Crippen LogP) is 0.953. The van der Waals surface area contributed by atoms with Gasteiger partial charge in [0.25, 0.3) is 5.91 Å². The molecule has 1 saturated heterocycles. The van der Waals surface area contributed by atoms with Crippen LogP contribution in [-0.4, -0.2) is 34.4 Å². The number of nitrogens with two attached hydrogens (primary N) is 1. The Morgan fingerprint density at radius 2 is 2.25 bits per heavy atom. The van der Waals surface area contributed by atoms with E-state index in [4.69, 9.17) is 5.73 Å². The van der Waals surface area contributed by atoms with Gasteiger partial charge in [-0.2, -0.15) is 0 Å². The summed E-state index contributed by atoms with van der Waals surface area (Å²) in [6.07, 6.45) is 4.26. The Bertz CT molecular complexity index is 410. The molecule has 2 N–H and O–H groups in total. The van der Waals surface area contributed by atoms with Crippen molar-refractivity contribution in [2.75, 3.05) is 13.1 Å². The van der Waals surface area contributed by atoms with E-state index in [1.165, 1.54) is 0 Å². The van der Waals surface area contributed by atoms with Crippen molar-refractivity contribution in [2.45, 2.75) is 25.8 Å². The zero-order valence-electron chi connectivity index (χ0n) is 9.73. The fourth-order valence-corrected chi connectivity index (χ4v) is 1.94. The number of pyridine rings is 1. The molecule has 0 radical (unpaired) electrons. The van der Waals surface area contributed by atoms with Crippen molar-refractivity contribution in [3.8, 4) is 0 Å². The summed E-state index contributed by atoms with van der Waals surface area (Å²) >= 11 is 0. The average Bonchev–Trinajstić information content (AvgIpc) is 2.24. The van der Waals surface area contributed by atoms with Crippen molar-refractivity contribution in [1.82, 2.24) is 9.88 Å². The molecule has 1 fully saturated rings. The number of hydrogen-bond donors (Lipinski definition) is 1. The minimum absolute atomic E-state index is 0.0331. The van der Waals surface area contributed by atoms with Gasteiger partial charge in [0.15, 0.2) is 0 Å². The summed E-state index contributed by atoms with van der Waals surface area (Å²) in [5.74, 6) is 0.0331. The van der Waals surface area contributed by atoms with Crippen molar-refractivity contribution in [2.24, 2.45) is 5.73 Å². The number of hydrogen-bond acceptors (Lipinski definition) is 3. The lowest BCUT2D eigenvalue weighted by molar-refractivity contribution is 0.0401. The zero-order valence-corrected chi connectivity index (χ0v) is 9.73. The van der Waals surface area contributed by atoms with Gasteiger partial charge in [-0.25, -0.2) is 0 Å². The highest BCUT2D eigenvalue weighted by molar-refractivity contribution is 5.94. The summed E-state index contributed by atoms with van der Waals surface area (Å²) in [4.78, 5) is 17.8. The van der Waals surface area contributed by atoms with Crippen LogP contribution in [0.15, 0.2) is 18.5 Å². The lowest BCUT2D eigenvalue weighted by Crippen LogP contribution is -2.68. The molecule has 0 aliphatic carbocycles. The molecule has 0 saturated carbocycles. The minimum atomic E-state index is -0.174. The molecule has 1 aliphatic rings. The number of carbonyl (C=O) groups is 1. The van der Waals surface area contributed by atoms with E-state index >= 15 is 0 Å². The Kier molecular flexibility index (Phi) is 2.68. The molecule has 0 spiro atoms. The minimum Gasteiger partial charge on any atom is -0.335 e. The monoisotopic (exact) mass is 219 g/mol. The third kappa shape index (κ3) is 1.93. The number of aryl methyl sites for hydroxylation is 1. The van der Waals surface area contributed by atoms with Gasteiger partial charge in [-0.15, -0.1) is 0 Å². The maximum Gasteiger partial charge on any atom is 0.255 e. The highest BCUT2D eigenvalue weighted by atomic mass is 16.2. The smallest absolute Gasteiger partial charge is 0.255 e. The molecular formula is C12H17N3O. The number of likely N-dealkylation sites (tertiary alicyclic amines) is 1. The number of rotatable bonds is 2. The number of carbonyl (C=O) groups excluding carboxylic acids is 1. The second-order valence-electron chi connectivity index (χ2n) is 4.63. The Hall–Kier alpha value is -1.42. The van der Waals surface area contributed by atoms with Gasteiger partial charge < -0.3 is 10.6 Å². The molecule has 2 rings (SSSR count). The van der Waals surface area contributed by atoms with Gasteiger partial charge in [-0.05, 0) is 25.0 Å². The van der Waals surface area contributed by atoms with E-state index in [2.05, 4.69) is 11.9 Å². The second kappa shape index (κ2) is 3.87. The topological polar surface area (TPSA) is 59.2 Å². The highest BCUT2D eigenvalue weighted by Crippen LogP contribution is 2.23. The first kappa shape index (κ1) is 11.1. The van der Waals surface area contributed by atoms with Crippen LogP contribution in [0, 0.1) is 6.92 Å². The first-order chi connectivity index (χ1) is 7.54. The molecule has 1 aromatic heterocycles. The summed E-state index contributed by atoms with van der Waals surface area (Å²) < 4.78 is 0. The van der Waals surface area contributed by atoms with Crippen molar-refractivity contribution < 1.29 is 4.79 Å². The summed E-state index contributed by atoms with van der Waals surface area (Å²) in [7, 11) is 0. The number of aromatic nitrogens is 1. The van der Waals surface area contributed by atoms with Crippen molar-refractivity contribution >= 4 is 5.91 Å². The summed E-state index contributed by atoms with van der Waals surface area (Å²) in [6.45, 7) is 5.28. The fraction of sp³-hybridized carbons (Fsp3) is 0.500. The largest absolute Gasteiger partial charge is 0.335 e. The number of amides is 1. The van der Waals surface area contributed by atoms with E-state index < -0.39 is 0 Å². The van der Waals surface area contributed by atoms with Crippen LogP contribution in [-0.2, 0) is 0 Å². The van der Waals surface area contributed by atoms with E-state index in [1.807, 2.05) is 13.0 Å². The van der Waals surface area contributed by atoms with Crippen LogP contribution in [0.25, 0.3) is 0 Å². The molecule has 1 amide bonds. The molecular weight excluding hydrogens is 202 g/mol. The quantitative estimate of drug-likeness (QED) is 0.805. The predicted molar refractivity (Wildman–Crippen MR) is 62.1 cm³/mol. The van der Waals surface area contributed by atoms with Crippen LogP contribution >= 0.6 is 0 Å². The SMILES string of the molecule is CCC1(N)CN(C(=O)c2cncc(C)c2)C1. The Labute approximate surface area is 95.5 Å². The third-order valence-electron chi connectivity index (χ3n) is 3.12. The van der Waals surface area contributed by atoms with Crippen LogP contribution in [0.4, 0.5) is 0 Å². The molecule has 86 valence electrons. The lowest BCUT2D eigenvalue weighted by Gasteiger charge is -2.47. The van der Waals surface area contributed by atoms with Crippen LogP contribution in [0.1, 0.15) is 29.3 Å². The fourth-order valence-electron chi connectivity index (χ4n) is 1.94. The molecule has 0 unspecified atom stereocenters. The van der Waals surface area contributed by atoms with E-state index in [0.29, 0.717) is 18.7 Å². The molecule has 0 atom stereocenters. The van der Waals surface area contributed by atoms with Crippen molar-refractivity contribution in [3.05, 3.63) is 29.6 Å². The Morgan fingerprint density at radius 1 is 1.56 bits per heavy atom. The van der Waals surface area contributed by atoms with Gasteiger partial charge in [0.05, 0.1) is 11.1 Å². The average molecular weight is 219 g/mol. The molecule has 16 heavy (non-hydrogen) atoms. The van der Waals surface area contributed by atoms with Crippen molar-refractivity contribution in [1.29, 1.82) is 0 Å². The normalized spacial score (nSPS) is 18.1. The maximum absolute atomic E-state index is 12.0. The van der Waals surface area contributed by atoms with E-state index in [9.17, 15) is 4.79 Å². The lowest BCUT2D eigenvalue weighted by atomic mass is 9.88. The first-order valence-electron chi connectivity index (χ1n) is 5.54. The van der Waals surface area contributed by atoms with Gasteiger partial charge in [0.1, 0.15) is 0 Å². The zero-order chi connectivity index (χ0) is 11.8. The number of nitrogens with zero attached hydrogens (tertiary/aromatic N) is 2. The molecule has 1 aliphatic heterocycles. The first-order valence-corrected chi connectivity index (χ1v) is 5.54. The summed E-state index contributed by atoms with van der Waals surface area (Å²) in [6, 6.07) is 1.86. The summed E-state index contributed by atoms with van der Waals surface area (Å²) in [5, 5.41) is 0. The third-order valence-corrected chi connectivity index (χ3v) is 3.12. The molecule has 4 heteroatoms. The molecule has 2 heterocycles. The van der Waals surface area contributed by atoms with Gasteiger partial charge >= 0.3 is 0 Å². The van der Waals surface area contributed by atoms with Crippen LogP contribution in [0.2, 0.25) is 0 Å². The Morgan fingerprint density at radius 3 is 2.81 bits per heavy atom. The van der Waals surface area contributed by atoms with Crippen LogP contribution in [0.3, 0.4) is 0 Å². The van der Waals surface area contributed by atoms with Gasteiger partial charge in [-0.1, -0.05) is 6.92 Å². The standard InChI is InChI=1S/C12H17N3O/c1-3-12(13)7-15(8-12)11(16)10-4-9(2)5-14-6-10/h4-6H,3,7-8,13H2,1-2H3. The van der Waals surface area contributed by atoms with Gasteiger partial charge in [0, 0.05) is 25.5 Å². The maximum atomic E-state index is 12.0. The van der Waals surface area contributed by atoms with E-state index in [-0.39, 0.29) is 11.4 Å². The molecule has 0 bridgehead atoms. The van der Waals surface area contributed by atoms with Gasteiger partial charge in [0.2, 0.25) is 0 Å².